The van der Waals surface area contributed by atoms with Crippen molar-refractivity contribution in [1.82, 2.24) is 0 Å². The van der Waals surface area contributed by atoms with Crippen molar-refractivity contribution >= 4 is 27.7 Å². The fourth-order valence-corrected chi connectivity index (χ4v) is 8.09. The molecule has 4 aliphatic carbocycles. The standard InChI is InChI=1S/C25H33FO9S.Na/c1-14-10-18-17-5-4-15-11-16(27)6-8-22(15,2)24(17,26)19(28)12-23(18,3)25(14,31)20(29)13-35-21(30)7-9-36(32,33)34;/h6,8,11,14,17-19,28,31H,4-5,7,9-10,12-13H2,1-3H3,(H,32,33,34);/q;+1/p-1/t14-,17?,18?,19-,22-,23-,24-,25-;/m0./s1. The number of alkyl halides is 1. The van der Waals surface area contributed by atoms with Crippen LogP contribution < -0.4 is 29.6 Å². The van der Waals surface area contributed by atoms with Crippen LogP contribution in [0.25, 0.3) is 0 Å². The fourth-order valence-electron chi connectivity index (χ4n) is 7.68. The van der Waals surface area contributed by atoms with E-state index in [-0.39, 0.29) is 41.8 Å². The Balaban J connectivity index is 0.00000380. The van der Waals surface area contributed by atoms with E-state index in [2.05, 4.69) is 0 Å². The number of esters is 1. The van der Waals surface area contributed by atoms with Crippen molar-refractivity contribution in [3.63, 3.8) is 0 Å². The molecule has 0 aliphatic heterocycles. The van der Waals surface area contributed by atoms with Gasteiger partial charge in [0.15, 0.2) is 18.1 Å². The molecule has 2 unspecified atom stereocenters. The number of ketones is 2. The first kappa shape index (κ1) is 30.6. The van der Waals surface area contributed by atoms with E-state index >= 15 is 4.39 Å². The number of Topliss-reactive ketones (excluding diaryl/α,β-unsaturated/α-hetero) is 1. The molecule has 4 aliphatic rings. The number of ether oxygens (including phenoxy) is 1. The van der Waals surface area contributed by atoms with Crippen LogP contribution in [0.1, 0.15) is 52.9 Å². The van der Waals surface area contributed by atoms with Crippen molar-refractivity contribution in [2.75, 3.05) is 12.4 Å². The van der Waals surface area contributed by atoms with Crippen LogP contribution in [0.3, 0.4) is 0 Å². The van der Waals surface area contributed by atoms with Crippen LogP contribution in [0, 0.1) is 28.6 Å². The first-order valence-electron chi connectivity index (χ1n) is 12.2. The normalized spacial score (nSPS) is 42.6. The van der Waals surface area contributed by atoms with E-state index in [1.165, 1.54) is 18.2 Å². The summed E-state index contributed by atoms with van der Waals surface area (Å²) < 4.78 is 54.2. The van der Waals surface area contributed by atoms with Gasteiger partial charge in [-0.25, -0.2) is 12.8 Å². The Morgan fingerprint density at radius 1 is 1.27 bits per heavy atom. The van der Waals surface area contributed by atoms with Gasteiger partial charge >= 0.3 is 35.5 Å². The van der Waals surface area contributed by atoms with Gasteiger partial charge in [0.1, 0.15) is 5.60 Å². The number of fused-ring (bicyclic) bond motifs is 5. The molecule has 0 amide bonds. The van der Waals surface area contributed by atoms with Gasteiger partial charge in [0.25, 0.3) is 0 Å². The topological polar surface area (TPSA) is 158 Å². The molecule has 0 bridgehead atoms. The molecule has 3 fully saturated rings. The van der Waals surface area contributed by atoms with Crippen molar-refractivity contribution < 1.29 is 76.3 Å². The van der Waals surface area contributed by atoms with Gasteiger partial charge in [0, 0.05) is 22.5 Å². The molecule has 0 aromatic heterocycles. The van der Waals surface area contributed by atoms with Gasteiger partial charge in [0.2, 0.25) is 5.78 Å². The minimum Gasteiger partial charge on any atom is -0.748 e. The van der Waals surface area contributed by atoms with Crippen LogP contribution in [0.2, 0.25) is 0 Å². The first-order valence-corrected chi connectivity index (χ1v) is 13.7. The van der Waals surface area contributed by atoms with Gasteiger partial charge in [-0.05, 0) is 56.6 Å². The molecule has 12 heteroatoms. The van der Waals surface area contributed by atoms with Gasteiger partial charge in [-0.2, -0.15) is 0 Å². The number of carbonyl (C=O) groups is 3. The molecule has 3 saturated carbocycles. The van der Waals surface area contributed by atoms with Gasteiger partial charge in [-0.15, -0.1) is 0 Å². The molecule has 0 aromatic rings. The summed E-state index contributed by atoms with van der Waals surface area (Å²) in [6.45, 7) is 4.16. The predicted molar refractivity (Wildman–Crippen MR) is 123 cm³/mol. The summed E-state index contributed by atoms with van der Waals surface area (Å²) >= 11 is 0. The molecular weight excluding hydrogens is 518 g/mol. The summed E-state index contributed by atoms with van der Waals surface area (Å²) in [6.07, 6.45) is 2.90. The Labute approximate surface area is 237 Å². The van der Waals surface area contributed by atoms with Crippen molar-refractivity contribution in [1.29, 1.82) is 0 Å². The monoisotopic (exact) mass is 550 g/mol. The summed E-state index contributed by atoms with van der Waals surface area (Å²) in [5.41, 5.74) is -5.93. The molecule has 0 radical (unpaired) electrons. The second-order valence-electron chi connectivity index (χ2n) is 11.3. The first-order chi connectivity index (χ1) is 16.5. The number of carbonyl (C=O) groups excluding carboxylic acids is 3. The molecule has 8 atom stereocenters. The Bertz CT molecular complexity index is 1170. The number of aliphatic hydroxyl groups excluding tert-OH is 1. The summed E-state index contributed by atoms with van der Waals surface area (Å²) in [6, 6.07) is 0. The Hall–Kier alpha value is -0.950. The van der Waals surface area contributed by atoms with Gasteiger partial charge in [0.05, 0.1) is 22.6 Å². The van der Waals surface area contributed by atoms with E-state index in [0.717, 1.165) is 0 Å². The largest absolute Gasteiger partial charge is 1.00 e. The molecule has 9 nitrogen and oxygen atoms in total. The molecule has 0 aromatic carbocycles. The number of rotatable bonds is 6. The van der Waals surface area contributed by atoms with Crippen molar-refractivity contribution in [2.45, 2.75) is 70.2 Å². The van der Waals surface area contributed by atoms with Gasteiger partial charge in [-0.3, -0.25) is 14.4 Å². The second-order valence-corrected chi connectivity index (χ2v) is 12.8. The Morgan fingerprint density at radius 3 is 2.54 bits per heavy atom. The molecular formula is C25H32FNaO9S. The predicted octanol–water partition coefficient (Wildman–Crippen LogP) is -1.61. The van der Waals surface area contributed by atoms with E-state index in [0.29, 0.717) is 24.8 Å². The van der Waals surface area contributed by atoms with Crippen molar-refractivity contribution in [3.05, 3.63) is 23.8 Å². The zero-order valence-electron chi connectivity index (χ0n) is 21.5. The van der Waals surface area contributed by atoms with E-state index in [9.17, 15) is 37.6 Å². The quantitative estimate of drug-likeness (QED) is 0.225. The van der Waals surface area contributed by atoms with E-state index in [1.54, 1.807) is 20.8 Å². The van der Waals surface area contributed by atoms with Gasteiger partial charge < -0.3 is 19.5 Å². The minimum atomic E-state index is -4.64. The molecule has 2 N–H and O–H groups in total. The molecule has 0 saturated heterocycles. The number of aliphatic hydroxyl groups is 2. The second kappa shape index (κ2) is 9.91. The third-order valence-electron chi connectivity index (χ3n) is 9.57. The molecule has 200 valence electrons. The maximum Gasteiger partial charge on any atom is 1.00 e. The minimum absolute atomic E-state index is 0. The SMILES string of the molecule is C[C@H]1CC2C3CCC4=CC(=O)C=C[C@]4(C)[C@@]3(F)[C@@H](O)C[C@]2(C)[C@@]1(O)C(=O)COC(=O)CCS(=O)(=O)[O-].[Na+]. The zero-order valence-corrected chi connectivity index (χ0v) is 24.3. The van der Waals surface area contributed by atoms with Crippen LogP contribution >= 0.6 is 0 Å². The summed E-state index contributed by atoms with van der Waals surface area (Å²) in [7, 11) is -4.64. The molecule has 4 rings (SSSR count). The average molecular weight is 551 g/mol. The molecule has 0 heterocycles. The third kappa shape index (κ3) is 4.52. The van der Waals surface area contributed by atoms with E-state index in [4.69, 9.17) is 4.74 Å². The number of hydrogen-bond acceptors (Lipinski definition) is 9. The van der Waals surface area contributed by atoms with Crippen LogP contribution in [-0.2, 0) is 29.2 Å². The van der Waals surface area contributed by atoms with Crippen LogP contribution in [-0.4, -0.2) is 70.5 Å². The van der Waals surface area contributed by atoms with Crippen LogP contribution in [0.5, 0.6) is 0 Å². The maximum absolute atomic E-state index is 17.1. The number of allylic oxidation sites excluding steroid dienone is 4. The molecule has 0 spiro atoms. The number of hydrogen-bond donors (Lipinski definition) is 2. The zero-order chi connectivity index (χ0) is 26.9. The van der Waals surface area contributed by atoms with Crippen molar-refractivity contribution in [2.24, 2.45) is 28.6 Å². The van der Waals surface area contributed by atoms with Crippen LogP contribution in [0.15, 0.2) is 23.8 Å². The van der Waals surface area contributed by atoms with E-state index in [1.807, 2.05) is 0 Å². The maximum atomic E-state index is 17.1. The van der Waals surface area contributed by atoms with Gasteiger partial charge in [-0.1, -0.05) is 25.5 Å². The van der Waals surface area contributed by atoms with E-state index < -0.39 is 86.6 Å². The summed E-state index contributed by atoms with van der Waals surface area (Å²) in [5, 5.41) is 23.1. The van der Waals surface area contributed by atoms with Crippen molar-refractivity contribution in [3.8, 4) is 0 Å². The Morgan fingerprint density at radius 2 is 1.92 bits per heavy atom. The third-order valence-corrected chi connectivity index (χ3v) is 10.3. The number of halogens is 1. The Kier molecular flexibility index (Phi) is 8.19. The average Bonchev–Trinajstić information content (AvgIpc) is 2.98. The fraction of sp³-hybridized carbons (Fsp3) is 0.720. The smallest absolute Gasteiger partial charge is 0.748 e. The summed E-state index contributed by atoms with van der Waals surface area (Å²) in [4.78, 5) is 37.1. The summed E-state index contributed by atoms with van der Waals surface area (Å²) in [5.74, 6) is -4.88. The van der Waals surface area contributed by atoms with Crippen LogP contribution in [0.4, 0.5) is 4.39 Å². The molecule has 37 heavy (non-hydrogen) atoms.